The highest BCUT2D eigenvalue weighted by molar-refractivity contribution is 5.82. The van der Waals surface area contributed by atoms with Gasteiger partial charge in [0.2, 0.25) is 6.10 Å². The number of benzene rings is 1. The molecular weight excluding hydrogens is 320 g/mol. The summed E-state index contributed by atoms with van der Waals surface area (Å²) in [6, 6.07) is 7.47. The van der Waals surface area contributed by atoms with E-state index in [2.05, 4.69) is 10.2 Å². The van der Waals surface area contributed by atoms with E-state index >= 15 is 0 Å². The van der Waals surface area contributed by atoms with Crippen LogP contribution in [-0.4, -0.2) is 50.9 Å². The molecule has 1 aromatic heterocycles. The Hall–Kier alpha value is -2.57. The Bertz CT molecular complexity index is 775. The van der Waals surface area contributed by atoms with Crippen molar-refractivity contribution >= 4 is 5.91 Å². The third-order valence-electron chi connectivity index (χ3n) is 4.93. The number of para-hydroxylation sites is 2. The molecule has 7 heteroatoms. The predicted octanol–water partition coefficient (Wildman–Crippen LogP) is 1.75. The zero-order chi connectivity index (χ0) is 17.4. The monoisotopic (exact) mass is 342 g/mol. The zero-order valence-electron chi connectivity index (χ0n) is 14.5. The molecule has 0 saturated carbocycles. The molecule has 1 fully saturated rings. The van der Waals surface area contributed by atoms with Crippen LogP contribution in [0.25, 0.3) is 0 Å². The molecule has 0 aliphatic carbocycles. The van der Waals surface area contributed by atoms with Crippen molar-refractivity contribution in [1.29, 1.82) is 0 Å². The molecule has 4 rings (SSSR count). The van der Waals surface area contributed by atoms with Gasteiger partial charge in [-0.05, 0) is 31.9 Å². The minimum atomic E-state index is -0.617. The first-order chi connectivity index (χ1) is 12.1. The highest BCUT2D eigenvalue weighted by Crippen LogP contribution is 2.34. The van der Waals surface area contributed by atoms with Gasteiger partial charge in [0.25, 0.3) is 5.91 Å². The number of aryl methyl sites for hydroxylation is 1. The highest BCUT2D eigenvalue weighted by Gasteiger charge is 2.38. The Morgan fingerprint density at radius 3 is 2.72 bits per heavy atom. The fourth-order valence-corrected chi connectivity index (χ4v) is 3.62. The van der Waals surface area contributed by atoms with Gasteiger partial charge in [-0.15, -0.1) is 10.2 Å². The molecule has 2 aliphatic rings. The molecule has 2 aromatic rings. The number of likely N-dealkylation sites (tertiary alicyclic amines) is 1. The first-order valence-corrected chi connectivity index (χ1v) is 8.68. The van der Waals surface area contributed by atoms with E-state index in [9.17, 15) is 4.79 Å². The lowest BCUT2D eigenvalue weighted by molar-refractivity contribution is -0.145. The molecule has 1 amide bonds. The van der Waals surface area contributed by atoms with E-state index in [0.29, 0.717) is 18.0 Å². The minimum Gasteiger partial charge on any atom is -0.482 e. The molecule has 3 heterocycles. The molecule has 0 radical (unpaired) electrons. The van der Waals surface area contributed by atoms with Gasteiger partial charge in [0.05, 0.1) is 0 Å². The summed E-state index contributed by atoms with van der Waals surface area (Å²) < 4.78 is 13.8. The number of hydrogen-bond acceptors (Lipinski definition) is 5. The molecule has 3 atom stereocenters. The van der Waals surface area contributed by atoms with E-state index in [4.69, 9.17) is 9.47 Å². The third kappa shape index (κ3) is 2.94. The number of hydrogen-bond donors (Lipinski definition) is 0. The standard InChI is InChI=1S/C18H22N4O3/c1-12-16(25-15-8-4-3-7-14(15)24-12)18(23)22-9-5-6-13(10-22)17-20-19-11-21(17)2/h3-4,7-8,11-13,16H,5-6,9-10H2,1-2H3/t12-,13+,16+/m0/s1. The lowest BCUT2D eigenvalue weighted by Crippen LogP contribution is -2.52. The summed E-state index contributed by atoms with van der Waals surface area (Å²) in [5.41, 5.74) is 0. The molecule has 1 aromatic carbocycles. The van der Waals surface area contributed by atoms with Crippen LogP contribution in [0, 0.1) is 0 Å². The van der Waals surface area contributed by atoms with Gasteiger partial charge >= 0.3 is 0 Å². The van der Waals surface area contributed by atoms with Gasteiger partial charge in [0.15, 0.2) is 11.5 Å². The first kappa shape index (κ1) is 15.9. The molecule has 0 unspecified atom stereocenters. The molecule has 132 valence electrons. The second kappa shape index (κ2) is 6.38. The molecule has 0 spiro atoms. The maximum atomic E-state index is 13.1. The zero-order valence-corrected chi connectivity index (χ0v) is 14.5. The summed E-state index contributed by atoms with van der Waals surface area (Å²) in [6.45, 7) is 3.25. The van der Waals surface area contributed by atoms with Gasteiger partial charge in [0.1, 0.15) is 18.3 Å². The van der Waals surface area contributed by atoms with Gasteiger partial charge in [-0.25, -0.2) is 0 Å². The summed E-state index contributed by atoms with van der Waals surface area (Å²) in [6.07, 6.45) is 2.72. The van der Waals surface area contributed by atoms with Gasteiger partial charge in [-0.2, -0.15) is 0 Å². The fourth-order valence-electron chi connectivity index (χ4n) is 3.62. The number of fused-ring (bicyclic) bond motifs is 1. The topological polar surface area (TPSA) is 69.5 Å². The predicted molar refractivity (Wildman–Crippen MR) is 90.5 cm³/mol. The summed E-state index contributed by atoms with van der Waals surface area (Å²) in [5, 5.41) is 8.17. The second-order valence-corrected chi connectivity index (χ2v) is 6.73. The number of carbonyl (C=O) groups excluding carboxylic acids is 1. The summed E-state index contributed by atoms with van der Waals surface area (Å²) in [7, 11) is 1.94. The highest BCUT2D eigenvalue weighted by atomic mass is 16.6. The lowest BCUT2D eigenvalue weighted by atomic mass is 9.96. The number of nitrogens with zero attached hydrogens (tertiary/aromatic N) is 4. The van der Waals surface area contributed by atoms with E-state index in [1.54, 1.807) is 6.33 Å². The van der Waals surface area contributed by atoms with Crippen molar-refractivity contribution in [2.45, 2.75) is 37.9 Å². The van der Waals surface area contributed by atoms with Crippen LogP contribution >= 0.6 is 0 Å². The van der Waals surface area contributed by atoms with Crippen LogP contribution in [0.2, 0.25) is 0 Å². The minimum absolute atomic E-state index is 0.0196. The normalized spacial score (nSPS) is 25.7. The summed E-state index contributed by atoms with van der Waals surface area (Å²) >= 11 is 0. The Balaban J connectivity index is 1.50. The molecule has 2 aliphatic heterocycles. The van der Waals surface area contributed by atoms with Crippen molar-refractivity contribution in [1.82, 2.24) is 19.7 Å². The smallest absolute Gasteiger partial charge is 0.267 e. The van der Waals surface area contributed by atoms with Crippen LogP contribution in [-0.2, 0) is 11.8 Å². The maximum absolute atomic E-state index is 13.1. The van der Waals surface area contributed by atoms with Gasteiger partial charge < -0.3 is 18.9 Å². The van der Waals surface area contributed by atoms with Crippen LogP contribution in [0.3, 0.4) is 0 Å². The van der Waals surface area contributed by atoms with Crippen molar-refractivity contribution < 1.29 is 14.3 Å². The average molecular weight is 342 g/mol. The van der Waals surface area contributed by atoms with Gasteiger partial charge in [-0.3, -0.25) is 4.79 Å². The van der Waals surface area contributed by atoms with Crippen LogP contribution in [0.15, 0.2) is 30.6 Å². The Labute approximate surface area is 146 Å². The Kier molecular flexibility index (Phi) is 4.07. The maximum Gasteiger partial charge on any atom is 0.267 e. The van der Waals surface area contributed by atoms with E-state index in [1.165, 1.54) is 0 Å². The lowest BCUT2D eigenvalue weighted by Gasteiger charge is -2.37. The molecule has 0 N–H and O–H groups in total. The quantitative estimate of drug-likeness (QED) is 0.832. The third-order valence-corrected chi connectivity index (χ3v) is 4.93. The Morgan fingerprint density at radius 2 is 2.00 bits per heavy atom. The molecule has 25 heavy (non-hydrogen) atoms. The summed E-state index contributed by atoms with van der Waals surface area (Å²) in [5.74, 6) is 2.43. The fraction of sp³-hybridized carbons (Fsp3) is 0.500. The summed E-state index contributed by atoms with van der Waals surface area (Å²) in [4.78, 5) is 14.9. The molecule has 7 nitrogen and oxygen atoms in total. The van der Waals surface area contributed by atoms with Gasteiger partial charge in [-0.1, -0.05) is 12.1 Å². The van der Waals surface area contributed by atoms with E-state index in [-0.39, 0.29) is 17.9 Å². The van der Waals surface area contributed by atoms with E-state index < -0.39 is 6.10 Å². The number of amides is 1. The number of piperidine rings is 1. The van der Waals surface area contributed by atoms with Crippen LogP contribution in [0.1, 0.15) is 31.5 Å². The van der Waals surface area contributed by atoms with Crippen molar-refractivity contribution in [3.05, 3.63) is 36.4 Å². The average Bonchev–Trinajstić information content (AvgIpc) is 3.06. The van der Waals surface area contributed by atoms with Gasteiger partial charge in [0, 0.05) is 26.1 Å². The number of rotatable bonds is 2. The number of carbonyl (C=O) groups is 1. The largest absolute Gasteiger partial charge is 0.482 e. The van der Waals surface area contributed by atoms with Crippen molar-refractivity contribution in [3.63, 3.8) is 0 Å². The van der Waals surface area contributed by atoms with Crippen molar-refractivity contribution in [3.8, 4) is 11.5 Å². The van der Waals surface area contributed by atoms with Crippen molar-refractivity contribution in [2.24, 2.45) is 7.05 Å². The second-order valence-electron chi connectivity index (χ2n) is 6.73. The first-order valence-electron chi connectivity index (χ1n) is 8.68. The van der Waals surface area contributed by atoms with Crippen molar-refractivity contribution in [2.75, 3.05) is 13.1 Å². The number of aromatic nitrogens is 3. The Morgan fingerprint density at radius 1 is 1.24 bits per heavy atom. The van der Waals surface area contributed by atoms with Crippen LogP contribution in [0.5, 0.6) is 11.5 Å². The van der Waals surface area contributed by atoms with E-state index in [1.807, 2.05) is 47.7 Å². The van der Waals surface area contributed by atoms with E-state index in [0.717, 1.165) is 25.2 Å². The van der Waals surface area contributed by atoms with Crippen LogP contribution in [0.4, 0.5) is 0 Å². The SMILES string of the molecule is C[C@@H]1Oc2ccccc2O[C@H]1C(=O)N1CCC[C@@H](c2nncn2C)C1. The number of ether oxygens (including phenoxy) is 2. The molecule has 1 saturated heterocycles. The molecule has 0 bridgehead atoms. The molecular formula is C18H22N4O3. The van der Waals surface area contributed by atoms with Crippen LogP contribution < -0.4 is 9.47 Å².